The van der Waals surface area contributed by atoms with Crippen molar-refractivity contribution in [1.29, 1.82) is 0 Å². The van der Waals surface area contributed by atoms with E-state index in [4.69, 9.17) is 14.5 Å². The average Bonchev–Trinajstić information content (AvgIpc) is 1.71. The number of hydrogen-bond donors (Lipinski definition) is 0. The molecule has 3 aromatic heterocycles. The van der Waals surface area contributed by atoms with Gasteiger partial charge >= 0.3 is 17.9 Å². The molecule has 12 rings (SSSR count). The molecule has 0 saturated heterocycles. The number of Topliss-reactive ketones (excluding diaryl/α,β-unsaturated/α-hetero) is 1. The molecule has 0 amide bonds. The molecular formula is C78H65N5O9S. The summed E-state index contributed by atoms with van der Waals surface area (Å²) >= 11 is 1.13. The number of fused-ring (bicyclic) bond motifs is 7. The fraction of sp³-hybridized carbons (Fsp3) is 0.167. The maximum atomic E-state index is 14.8. The number of nitrogens with zero attached hydrogens (tertiary/aromatic N) is 5. The lowest BCUT2D eigenvalue weighted by molar-refractivity contribution is -0.141. The van der Waals surface area contributed by atoms with Crippen LogP contribution in [-0.2, 0) is 41.7 Å². The number of carbonyl (C=O) groups is 6. The van der Waals surface area contributed by atoms with Gasteiger partial charge in [-0.25, -0.2) is 14.4 Å². The number of thiophene rings is 1. The SMILES string of the molecule is CCCC(=O)c1ccc2c(c1)c1cc(C(=O)c3ccc(C(=O)c4ccc5c(c4)c4cc(C(CCC)=NOC(C)=O)ccc4n5-c4ccc(C(Cc5ccc(C)cc5)=NOC(C)=O)cc4)s3)ccc1n2-c1ccc(C(CCc2cccc3ccccc23)=NOC(C)=O)cc1. The van der Waals surface area contributed by atoms with Crippen molar-refractivity contribution in [2.24, 2.45) is 15.5 Å². The van der Waals surface area contributed by atoms with Crippen LogP contribution < -0.4 is 0 Å². The number of aryl methyl sites for hydroxylation is 2. The molecular weight excluding hydrogens is 1180 g/mol. The first-order valence-electron chi connectivity index (χ1n) is 31.0. The molecule has 0 fully saturated rings. The first-order valence-corrected chi connectivity index (χ1v) is 31.8. The highest BCUT2D eigenvalue weighted by atomic mass is 32.1. The molecule has 14 nitrogen and oxygen atoms in total. The van der Waals surface area contributed by atoms with Crippen LogP contribution in [0.1, 0.15) is 141 Å². The zero-order valence-corrected chi connectivity index (χ0v) is 53.1. The molecule has 0 spiro atoms. The number of ketones is 3. The summed E-state index contributed by atoms with van der Waals surface area (Å²) in [6.45, 7) is 9.97. The topological polar surface area (TPSA) is 177 Å². The van der Waals surface area contributed by atoms with Crippen LogP contribution in [0.4, 0.5) is 0 Å². The Hall–Kier alpha value is -11.0. The Morgan fingerprint density at radius 3 is 1.35 bits per heavy atom. The predicted molar refractivity (Wildman–Crippen MR) is 369 cm³/mol. The molecule has 0 atom stereocenters. The Morgan fingerprint density at radius 2 is 0.839 bits per heavy atom. The van der Waals surface area contributed by atoms with E-state index in [1.165, 1.54) is 20.8 Å². The minimum absolute atomic E-state index is 0.0247. The van der Waals surface area contributed by atoms with Crippen LogP contribution in [0.3, 0.4) is 0 Å². The third-order valence-electron chi connectivity index (χ3n) is 16.5. The van der Waals surface area contributed by atoms with Gasteiger partial charge in [0.2, 0.25) is 11.6 Å². The number of oxime groups is 3. The molecule has 0 aliphatic rings. The number of aromatic nitrogens is 2. The largest absolute Gasteiger partial charge is 0.331 e. The van der Waals surface area contributed by atoms with E-state index in [-0.39, 0.29) is 17.3 Å². The molecule has 93 heavy (non-hydrogen) atoms. The fourth-order valence-electron chi connectivity index (χ4n) is 12.0. The number of hydrogen-bond acceptors (Lipinski definition) is 13. The summed E-state index contributed by atoms with van der Waals surface area (Å²) in [5.41, 5.74) is 13.7. The van der Waals surface area contributed by atoms with E-state index in [2.05, 4.69) is 48.9 Å². The minimum Gasteiger partial charge on any atom is -0.318 e. The van der Waals surface area contributed by atoms with Crippen LogP contribution in [0.25, 0.3) is 65.8 Å². The molecule has 0 aliphatic carbocycles. The van der Waals surface area contributed by atoms with Crippen LogP contribution in [0.5, 0.6) is 0 Å². The number of benzene rings is 9. The highest BCUT2D eigenvalue weighted by Crippen LogP contribution is 2.38. The lowest BCUT2D eigenvalue weighted by Crippen LogP contribution is -2.08. The van der Waals surface area contributed by atoms with Gasteiger partial charge in [-0.1, -0.05) is 138 Å². The Balaban J connectivity index is 0.870. The summed E-state index contributed by atoms with van der Waals surface area (Å²) in [4.78, 5) is 95.3. The molecule has 12 aromatic rings. The van der Waals surface area contributed by atoms with Crippen molar-refractivity contribution in [2.75, 3.05) is 0 Å². The molecule has 0 radical (unpaired) electrons. The average molecular weight is 1250 g/mol. The standard InChI is InChI=1S/C78H65N5O9S/c1-7-12-67(79-90-48(4)84)56-27-36-70-63(43-56)65-45-58(29-38-72(65)82(70)61-33-24-55(25-34-61)69(81-92-50(6)86)42-51-20-18-47(3)19-21-51)77(88)75-40-41-76(93-75)78(89)59-30-39-73-66(46-59)64-44-57(74(87)13-8-2)28-37-71(64)83(73)60-31-22-54(23-32-60)68(80-91-49(5)85)35-26-53-16-11-15-52-14-9-10-17-62(52)53/h9-11,14-25,27-34,36-41,43-46H,7-8,12-13,26,35,42H2,1-6H3. The summed E-state index contributed by atoms with van der Waals surface area (Å²) in [7, 11) is 0. The summed E-state index contributed by atoms with van der Waals surface area (Å²) in [6.07, 6.45) is 3.98. The Labute approximate surface area is 541 Å². The Morgan fingerprint density at radius 1 is 0.409 bits per heavy atom. The second kappa shape index (κ2) is 27.2. The zero-order valence-electron chi connectivity index (χ0n) is 52.3. The van der Waals surface area contributed by atoms with E-state index < -0.39 is 17.9 Å². The van der Waals surface area contributed by atoms with E-state index in [1.54, 1.807) is 24.3 Å². The van der Waals surface area contributed by atoms with E-state index in [0.29, 0.717) is 82.1 Å². The van der Waals surface area contributed by atoms with Gasteiger partial charge in [-0.3, -0.25) is 14.4 Å². The van der Waals surface area contributed by atoms with Crippen LogP contribution in [-0.4, -0.2) is 61.5 Å². The van der Waals surface area contributed by atoms with Gasteiger partial charge in [0, 0.05) is 88.8 Å². The Bertz CT molecular complexity index is 5040. The summed E-state index contributed by atoms with van der Waals surface area (Å²) in [6, 6.07) is 64.6. The summed E-state index contributed by atoms with van der Waals surface area (Å²) < 4.78 is 4.22. The third kappa shape index (κ3) is 13.3. The van der Waals surface area contributed by atoms with Crippen LogP contribution in [0.15, 0.2) is 216 Å². The minimum atomic E-state index is -0.532. The number of rotatable bonds is 22. The summed E-state index contributed by atoms with van der Waals surface area (Å²) in [5, 5.41) is 18.3. The van der Waals surface area contributed by atoms with E-state index in [1.807, 2.05) is 172 Å². The second-order valence-electron chi connectivity index (χ2n) is 23.1. The molecule has 3 heterocycles. The quantitative estimate of drug-likeness (QED) is 0.0276. The van der Waals surface area contributed by atoms with Crippen molar-refractivity contribution < 1.29 is 43.3 Å². The molecule has 9 aromatic carbocycles. The van der Waals surface area contributed by atoms with Crippen LogP contribution in [0, 0.1) is 6.92 Å². The molecule has 462 valence electrons. The second-order valence-corrected chi connectivity index (χ2v) is 24.2. The van der Waals surface area contributed by atoms with Gasteiger partial charge in [0.05, 0.1) is 49.0 Å². The van der Waals surface area contributed by atoms with Gasteiger partial charge in [0.15, 0.2) is 5.78 Å². The molecule has 0 saturated carbocycles. The first kappa shape index (κ1) is 62.2. The van der Waals surface area contributed by atoms with Gasteiger partial charge in [0.25, 0.3) is 0 Å². The van der Waals surface area contributed by atoms with Crippen molar-refractivity contribution >= 4 is 118 Å². The van der Waals surface area contributed by atoms with Gasteiger partial charge in [0.1, 0.15) is 0 Å². The molecule has 0 N–H and O–H groups in total. The molecule has 0 unspecified atom stereocenters. The maximum Gasteiger partial charge on any atom is 0.331 e. The van der Waals surface area contributed by atoms with E-state index in [9.17, 15) is 28.8 Å². The smallest absolute Gasteiger partial charge is 0.318 e. The van der Waals surface area contributed by atoms with Crippen molar-refractivity contribution in [2.45, 2.75) is 86.5 Å². The lowest BCUT2D eigenvalue weighted by atomic mass is 9.97. The highest BCUT2D eigenvalue weighted by molar-refractivity contribution is 7.16. The third-order valence-corrected chi connectivity index (χ3v) is 17.6. The predicted octanol–water partition coefficient (Wildman–Crippen LogP) is 17.3. The maximum absolute atomic E-state index is 14.8. The molecule has 0 bridgehead atoms. The van der Waals surface area contributed by atoms with Crippen molar-refractivity contribution in [3.63, 3.8) is 0 Å². The van der Waals surface area contributed by atoms with E-state index >= 15 is 0 Å². The van der Waals surface area contributed by atoms with E-state index in [0.717, 1.165) is 117 Å². The normalized spacial score (nSPS) is 12.1. The Kier molecular flexibility index (Phi) is 18.2. The van der Waals surface area contributed by atoms with Crippen LogP contribution in [0.2, 0.25) is 0 Å². The fourth-order valence-corrected chi connectivity index (χ4v) is 12.9. The number of carbonyl (C=O) groups excluding carboxylic acids is 6. The zero-order chi connectivity index (χ0) is 64.9. The van der Waals surface area contributed by atoms with Gasteiger partial charge in [-0.15, -0.1) is 11.3 Å². The van der Waals surface area contributed by atoms with Gasteiger partial charge in [-0.2, -0.15) is 0 Å². The van der Waals surface area contributed by atoms with Crippen molar-refractivity contribution in [3.05, 3.63) is 260 Å². The molecule has 0 aliphatic heterocycles. The highest BCUT2D eigenvalue weighted by Gasteiger charge is 2.24. The summed E-state index contributed by atoms with van der Waals surface area (Å²) in [5.74, 6) is -2.07. The van der Waals surface area contributed by atoms with Gasteiger partial charge in [-0.05, 0) is 169 Å². The van der Waals surface area contributed by atoms with Crippen molar-refractivity contribution in [3.8, 4) is 11.4 Å². The first-order chi connectivity index (χ1) is 45.1. The molecule has 15 heteroatoms. The lowest BCUT2D eigenvalue weighted by Gasteiger charge is -2.12. The van der Waals surface area contributed by atoms with Gasteiger partial charge < -0.3 is 23.6 Å². The van der Waals surface area contributed by atoms with Crippen LogP contribution >= 0.6 is 11.3 Å². The monoisotopic (exact) mass is 1250 g/mol. The van der Waals surface area contributed by atoms with Crippen molar-refractivity contribution in [1.82, 2.24) is 9.13 Å².